The Kier molecular flexibility index (Phi) is 4.97. The zero-order chi connectivity index (χ0) is 13.7. The SMILES string of the molecule is CC1CN(CC(C)(CO)c2ccccc2)CCCO1. The van der Waals surface area contributed by atoms with E-state index in [1.165, 1.54) is 5.56 Å². The van der Waals surface area contributed by atoms with Crippen LogP contribution in [0.3, 0.4) is 0 Å². The van der Waals surface area contributed by atoms with Crippen LogP contribution in [-0.4, -0.2) is 49.0 Å². The van der Waals surface area contributed by atoms with Gasteiger partial charge < -0.3 is 9.84 Å². The van der Waals surface area contributed by atoms with Crippen LogP contribution in [0.2, 0.25) is 0 Å². The molecule has 19 heavy (non-hydrogen) atoms. The molecule has 1 aromatic carbocycles. The molecule has 1 heterocycles. The maximum atomic E-state index is 9.85. The molecule has 2 unspecified atom stereocenters. The first kappa shape index (κ1) is 14.5. The highest BCUT2D eigenvalue weighted by atomic mass is 16.5. The number of aliphatic hydroxyl groups excluding tert-OH is 1. The molecule has 1 saturated heterocycles. The fourth-order valence-electron chi connectivity index (χ4n) is 2.79. The molecule has 2 atom stereocenters. The summed E-state index contributed by atoms with van der Waals surface area (Å²) >= 11 is 0. The molecular weight excluding hydrogens is 238 g/mol. The van der Waals surface area contributed by atoms with Gasteiger partial charge in [-0.25, -0.2) is 0 Å². The van der Waals surface area contributed by atoms with Gasteiger partial charge in [0.15, 0.2) is 0 Å². The summed E-state index contributed by atoms with van der Waals surface area (Å²) in [6.45, 7) is 8.15. The first-order valence-electron chi connectivity index (χ1n) is 7.14. The standard InChI is InChI=1S/C16H25NO2/c1-14-11-17(9-6-10-19-14)12-16(2,13-18)15-7-4-3-5-8-15/h3-5,7-8,14,18H,6,9-13H2,1-2H3. The minimum atomic E-state index is -0.203. The molecule has 1 aromatic rings. The van der Waals surface area contributed by atoms with Crippen LogP contribution in [0.25, 0.3) is 0 Å². The minimum Gasteiger partial charge on any atom is -0.395 e. The third-order valence-corrected chi connectivity index (χ3v) is 3.93. The van der Waals surface area contributed by atoms with Gasteiger partial charge in [0.2, 0.25) is 0 Å². The Hall–Kier alpha value is -0.900. The van der Waals surface area contributed by atoms with E-state index in [2.05, 4.69) is 30.9 Å². The molecule has 0 spiro atoms. The molecule has 3 heteroatoms. The summed E-state index contributed by atoms with van der Waals surface area (Å²) in [5.41, 5.74) is 1.00. The van der Waals surface area contributed by atoms with Gasteiger partial charge >= 0.3 is 0 Å². The second-order valence-corrected chi connectivity index (χ2v) is 5.85. The molecule has 1 aliphatic rings. The largest absolute Gasteiger partial charge is 0.395 e. The van der Waals surface area contributed by atoms with Crippen molar-refractivity contribution in [2.24, 2.45) is 0 Å². The van der Waals surface area contributed by atoms with Gasteiger partial charge in [-0.05, 0) is 18.9 Å². The molecule has 0 aliphatic carbocycles. The zero-order valence-electron chi connectivity index (χ0n) is 12.0. The van der Waals surface area contributed by atoms with Crippen molar-refractivity contribution in [1.29, 1.82) is 0 Å². The lowest BCUT2D eigenvalue weighted by atomic mass is 9.82. The maximum absolute atomic E-state index is 9.85. The molecular formula is C16H25NO2. The maximum Gasteiger partial charge on any atom is 0.0673 e. The summed E-state index contributed by atoms with van der Waals surface area (Å²) in [5.74, 6) is 0. The van der Waals surface area contributed by atoms with Gasteiger partial charge in [0.1, 0.15) is 0 Å². The highest BCUT2D eigenvalue weighted by molar-refractivity contribution is 5.25. The monoisotopic (exact) mass is 263 g/mol. The molecule has 106 valence electrons. The van der Waals surface area contributed by atoms with Crippen LogP contribution in [0, 0.1) is 0 Å². The zero-order valence-corrected chi connectivity index (χ0v) is 12.0. The molecule has 0 bridgehead atoms. The summed E-state index contributed by atoms with van der Waals surface area (Å²) < 4.78 is 5.68. The van der Waals surface area contributed by atoms with E-state index in [1.807, 2.05) is 18.2 Å². The molecule has 1 fully saturated rings. The minimum absolute atomic E-state index is 0.169. The van der Waals surface area contributed by atoms with Gasteiger partial charge in [-0.1, -0.05) is 37.3 Å². The van der Waals surface area contributed by atoms with E-state index in [0.717, 1.165) is 32.7 Å². The Morgan fingerprint density at radius 2 is 2.11 bits per heavy atom. The Labute approximate surface area is 116 Å². The first-order chi connectivity index (χ1) is 9.14. The van der Waals surface area contributed by atoms with Crippen molar-refractivity contribution < 1.29 is 9.84 Å². The quantitative estimate of drug-likeness (QED) is 0.902. The summed E-state index contributed by atoms with van der Waals surface area (Å²) in [4.78, 5) is 2.42. The third kappa shape index (κ3) is 3.78. The molecule has 0 radical (unpaired) electrons. The van der Waals surface area contributed by atoms with Crippen molar-refractivity contribution in [3.8, 4) is 0 Å². The lowest BCUT2D eigenvalue weighted by molar-refractivity contribution is 0.0611. The van der Waals surface area contributed by atoms with Crippen molar-refractivity contribution in [3.05, 3.63) is 35.9 Å². The van der Waals surface area contributed by atoms with Crippen LogP contribution in [0.15, 0.2) is 30.3 Å². The molecule has 0 amide bonds. The summed E-state index contributed by atoms with van der Waals surface area (Å²) in [6.07, 6.45) is 1.35. The Morgan fingerprint density at radius 3 is 2.79 bits per heavy atom. The Bertz CT molecular complexity index is 382. The van der Waals surface area contributed by atoms with Gasteiger partial charge in [-0.15, -0.1) is 0 Å². The molecule has 0 saturated carbocycles. The van der Waals surface area contributed by atoms with Crippen molar-refractivity contribution >= 4 is 0 Å². The van der Waals surface area contributed by atoms with Gasteiger partial charge in [-0.3, -0.25) is 4.90 Å². The van der Waals surface area contributed by atoms with E-state index in [9.17, 15) is 5.11 Å². The van der Waals surface area contributed by atoms with E-state index < -0.39 is 0 Å². The van der Waals surface area contributed by atoms with Crippen LogP contribution >= 0.6 is 0 Å². The van der Waals surface area contributed by atoms with Gasteiger partial charge in [0.25, 0.3) is 0 Å². The molecule has 3 nitrogen and oxygen atoms in total. The lowest BCUT2D eigenvalue weighted by Gasteiger charge is -2.34. The Morgan fingerprint density at radius 1 is 1.37 bits per heavy atom. The van der Waals surface area contributed by atoms with Gasteiger partial charge in [-0.2, -0.15) is 0 Å². The second-order valence-electron chi connectivity index (χ2n) is 5.85. The van der Waals surface area contributed by atoms with Gasteiger partial charge in [0.05, 0.1) is 12.7 Å². The van der Waals surface area contributed by atoms with E-state index in [-0.39, 0.29) is 18.1 Å². The highest BCUT2D eigenvalue weighted by Crippen LogP contribution is 2.25. The molecule has 2 rings (SSSR count). The number of rotatable bonds is 4. The van der Waals surface area contributed by atoms with Crippen LogP contribution in [0.1, 0.15) is 25.8 Å². The third-order valence-electron chi connectivity index (χ3n) is 3.93. The number of hydrogen-bond donors (Lipinski definition) is 1. The van der Waals surface area contributed by atoms with Gasteiger partial charge in [0, 0.05) is 31.7 Å². The average molecular weight is 263 g/mol. The van der Waals surface area contributed by atoms with E-state index >= 15 is 0 Å². The van der Waals surface area contributed by atoms with Crippen LogP contribution in [0.4, 0.5) is 0 Å². The van der Waals surface area contributed by atoms with Crippen molar-refractivity contribution in [1.82, 2.24) is 4.90 Å². The van der Waals surface area contributed by atoms with E-state index in [4.69, 9.17) is 4.74 Å². The molecule has 1 aliphatic heterocycles. The van der Waals surface area contributed by atoms with Crippen molar-refractivity contribution in [2.45, 2.75) is 31.8 Å². The van der Waals surface area contributed by atoms with Crippen LogP contribution < -0.4 is 0 Å². The predicted molar refractivity (Wildman–Crippen MR) is 77.4 cm³/mol. The number of ether oxygens (including phenoxy) is 1. The summed E-state index contributed by atoms with van der Waals surface area (Å²) in [6, 6.07) is 10.3. The van der Waals surface area contributed by atoms with Crippen LogP contribution in [0.5, 0.6) is 0 Å². The molecule has 1 N–H and O–H groups in total. The highest BCUT2D eigenvalue weighted by Gasteiger charge is 2.29. The number of hydrogen-bond acceptors (Lipinski definition) is 3. The fourth-order valence-corrected chi connectivity index (χ4v) is 2.79. The number of benzene rings is 1. The topological polar surface area (TPSA) is 32.7 Å². The predicted octanol–water partition coefficient (Wildman–Crippen LogP) is 2.05. The second kappa shape index (κ2) is 6.51. The van der Waals surface area contributed by atoms with Crippen molar-refractivity contribution in [2.75, 3.05) is 32.8 Å². The summed E-state index contributed by atoms with van der Waals surface area (Å²) in [7, 11) is 0. The summed E-state index contributed by atoms with van der Waals surface area (Å²) in [5, 5.41) is 9.85. The average Bonchev–Trinajstić information content (AvgIpc) is 2.64. The normalized spacial score (nSPS) is 24.7. The lowest BCUT2D eigenvalue weighted by Crippen LogP contribution is -2.43. The molecule has 0 aromatic heterocycles. The van der Waals surface area contributed by atoms with E-state index in [0.29, 0.717) is 0 Å². The smallest absolute Gasteiger partial charge is 0.0673 e. The van der Waals surface area contributed by atoms with Crippen molar-refractivity contribution in [3.63, 3.8) is 0 Å². The number of nitrogens with zero attached hydrogens (tertiary/aromatic N) is 1. The number of aliphatic hydroxyl groups is 1. The Balaban J connectivity index is 2.09. The van der Waals surface area contributed by atoms with E-state index in [1.54, 1.807) is 0 Å². The van der Waals surface area contributed by atoms with Crippen LogP contribution in [-0.2, 0) is 10.2 Å². The first-order valence-corrected chi connectivity index (χ1v) is 7.14. The fraction of sp³-hybridized carbons (Fsp3) is 0.625.